The van der Waals surface area contributed by atoms with E-state index in [4.69, 9.17) is 5.26 Å². The highest BCUT2D eigenvalue weighted by molar-refractivity contribution is 9.10. The van der Waals surface area contributed by atoms with Gasteiger partial charge >= 0.3 is 0 Å². The Hall–Kier alpha value is -0.970. The zero-order valence-corrected chi connectivity index (χ0v) is 11.7. The standard InChI is InChI=1S/C11H10BrFN2O2S/c12-8-2-3-10(9(13)6-8)18(16,17)15-11(7-14)4-1-5-11/h2-3,6,15H,1,4-5H2. The molecule has 1 N–H and O–H groups in total. The molecule has 0 atom stereocenters. The van der Waals surface area contributed by atoms with E-state index in [-0.39, 0.29) is 0 Å². The molecule has 0 aromatic heterocycles. The number of halogens is 2. The first-order valence-corrected chi connectivity index (χ1v) is 7.56. The number of nitriles is 1. The molecule has 1 aromatic rings. The highest BCUT2D eigenvalue weighted by Crippen LogP contribution is 2.33. The highest BCUT2D eigenvalue weighted by atomic mass is 79.9. The van der Waals surface area contributed by atoms with Crippen LogP contribution < -0.4 is 4.72 Å². The molecule has 0 aliphatic heterocycles. The molecular formula is C11H10BrFN2O2S. The second-order valence-corrected chi connectivity index (χ2v) is 6.79. The fraction of sp³-hybridized carbons (Fsp3) is 0.364. The summed E-state index contributed by atoms with van der Waals surface area (Å²) >= 11 is 3.06. The van der Waals surface area contributed by atoms with Gasteiger partial charge in [-0.3, -0.25) is 0 Å². The maximum atomic E-state index is 13.6. The predicted octanol–water partition coefficient (Wildman–Crippen LogP) is 2.31. The molecule has 18 heavy (non-hydrogen) atoms. The van der Waals surface area contributed by atoms with Gasteiger partial charge in [-0.15, -0.1) is 0 Å². The number of sulfonamides is 1. The molecule has 0 unspecified atom stereocenters. The van der Waals surface area contributed by atoms with Gasteiger partial charge in [-0.1, -0.05) is 15.9 Å². The van der Waals surface area contributed by atoms with Crippen LogP contribution in [0.25, 0.3) is 0 Å². The van der Waals surface area contributed by atoms with E-state index in [9.17, 15) is 12.8 Å². The monoisotopic (exact) mass is 332 g/mol. The third kappa shape index (κ3) is 2.41. The average molecular weight is 333 g/mol. The Balaban J connectivity index is 2.34. The zero-order chi connectivity index (χ0) is 13.4. The lowest BCUT2D eigenvalue weighted by Gasteiger charge is -2.35. The van der Waals surface area contributed by atoms with E-state index in [1.54, 1.807) is 0 Å². The Bertz CT molecular complexity index is 620. The molecule has 0 radical (unpaired) electrons. The summed E-state index contributed by atoms with van der Waals surface area (Å²) in [5, 5.41) is 8.98. The SMILES string of the molecule is N#CC1(NS(=O)(=O)c2ccc(Br)cc2F)CCC1. The molecular weight excluding hydrogens is 323 g/mol. The highest BCUT2D eigenvalue weighted by Gasteiger charge is 2.41. The molecule has 1 aromatic carbocycles. The molecule has 1 fully saturated rings. The fourth-order valence-electron chi connectivity index (χ4n) is 1.77. The lowest BCUT2D eigenvalue weighted by atomic mass is 9.79. The van der Waals surface area contributed by atoms with Crippen molar-refractivity contribution in [3.8, 4) is 6.07 Å². The minimum atomic E-state index is -4.01. The number of hydrogen-bond acceptors (Lipinski definition) is 3. The van der Waals surface area contributed by atoms with Crippen molar-refractivity contribution in [1.29, 1.82) is 5.26 Å². The third-order valence-electron chi connectivity index (χ3n) is 2.93. The van der Waals surface area contributed by atoms with Gasteiger partial charge in [-0.2, -0.15) is 9.98 Å². The van der Waals surface area contributed by atoms with Crippen LogP contribution in [0.15, 0.2) is 27.6 Å². The zero-order valence-electron chi connectivity index (χ0n) is 9.28. The van der Waals surface area contributed by atoms with E-state index in [0.29, 0.717) is 17.3 Å². The van der Waals surface area contributed by atoms with E-state index >= 15 is 0 Å². The normalized spacial score (nSPS) is 17.8. The molecule has 2 rings (SSSR count). The van der Waals surface area contributed by atoms with Crippen LogP contribution in [-0.2, 0) is 10.0 Å². The molecule has 1 saturated carbocycles. The van der Waals surface area contributed by atoms with Crippen molar-refractivity contribution in [2.75, 3.05) is 0 Å². The van der Waals surface area contributed by atoms with Crippen LogP contribution >= 0.6 is 15.9 Å². The Labute approximate surface area is 113 Å². The topological polar surface area (TPSA) is 70.0 Å². The van der Waals surface area contributed by atoms with Gasteiger partial charge in [0, 0.05) is 4.47 Å². The number of benzene rings is 1. The smallest absolute Gasteiger partial charge is 0.207 e. The van der Waals surface area contributed by atoms with Crippen LogP contribution in [0.2, 0.25) is 0 Å². The Morgan fingerprint density at radius 1 is 1.44 bits per heavy atom. The molecule has 7 heteroatoms. The lowest BCUT2D eigenvalue weighted by molar-refractivity contribution is 0.296. The number of rotatable bonds is 3. The minimum absolute atomic E-state index is 0.438. The van der Waals surface area contributed by atoms with Crippen LogP contribution in [0.4, 0.5) is 4.39 Å². The van der Waals surface area contributed by atoms with E-state index in [0.717, 1.165) is 12.5 Å². The second kappa shape index (κ2) is 4.61. The lowest BCUT2D eigenvalue weighted by Crippen LogP contribution is -2.52. The summed E-state index contributed by atoms with van der Waals surface area (Å²) in [7, 11) is -4.01. The quantitative estimate of drug-likeness (QED) is 0.923. The fourth-order valence-corrected chi connectivity index (χ4v) is 3.54. The van der Waals surface area contributed by atoms with Crippen molar-refractivity contribution in [3.63, 3.8) is 0 Å². The van der Waals surface area contributed by atoms with E-state index in [2.05, 4.69) is 20.7 Å². The first-order valence-electron chi connectivity index (χ1n) is 5.29. The summed E-state index contributed by atoms with van der Waals surface area (Å²) in [6.45, 7) is 0. The van der Waals surface area contributed by atoms with E-state index in [1.807, 2.05) is 6.07 Å². The average Bonchev–Trinajstić information content (AvgIpc) is 2.23. The first kappa shape index (κ1) is 13.5. The summed E-state index contributed by atoms with van der Waals surface area (Å²) in [5.41, 5.74) is -1.07. The van der Waals surface area contributed by atoms with E-state index < -0.39 is 26.3 Å². The molecule has 0 bridgehead atoms. The van der Waals surface area contributed by atoms with Crippen molar-refractivity contribution in [3.05, 3.63) is 28.5 Å². The van der Waals surface area contributed by atoms with E-state index in [1.165, 1.54) is 12.1 Å². The van der Waals surface area contributed by atoms with Gasteiger partial charge in [0.25, 0.3) is 0 Å². The summed E-state index contributed by atoms with van der Waals surface area (Å²) in [4.78, 5) is -0.438. The molecule has 96 valence electrons. The first-order chi connectivity index (χ1) is 8.38. The Morgan fingerprint density at radius 2 is 2.11 bits per heavy atom. The summed E-state index contributed by atoms with van der Waals surface area (Å²) in [5.74, 6) is -0.843. The summed E-state index contributed by atoms with van der Waals surface area (Å²) < 4.78 is 40.4. The van der Waals surface area contributed by atoms with Crippen molar-refractivity contribution in [2.24, 2.45) is 0 Å². The number of nitrogens with one attached hydrogen (secondary N) is 1. The molecule has 0 heterocycles. The van der Waals surface area contributed by atoms with Crippen molar-refractivity contribution in [1.82, 2.24) is 4.72 Å². The number of nitrogens with zero attached hydrogens (tertiary/aromatic N) is 1. The van der Waals surface area contributed by atoms with Gasteiger partial charge < -0.3 is 0 Å². The van der Waals surface area contributed by atoms with Gasteiger partial charge in [0.05, 0.1) is 6.07 Å². The molecule has 1 aliphatic carbocycles. The Kier molecular flexibility index (Phi) is 3.45. The Morgan fingerprint density at radius 3 is 2.56 bits per heavy atom. The van der Waals surface area contributed by atoms with Gasteiger partial charge in [-0.05, 0) is 37.5 Å². The van der Waals surface area contributed by atoms with Gasteiger partial charge in [0.2, 0.25) is 10.0 Å². The number of hydrogen-bond donors (Lipinski definition) is 1. The van der Waals surface area contributed by atoms with Crippen LogP contribution in [0, 0.1) is 17.1 Å². The van der Waals surface area contributed by atoms with Crippen molar-refractivity contribution < 1.29 is 12.8 Å². The van der Waals surface area contributed by atoms with Gasteiger partial charge in [-0.25, -0.2) is 12.8 Å². The largest absolute Gasteiger partial charge is 0.244 e. The van der Waals surface area contributed by atoms with Gasteiger partial charge in [0.1, 0.15) is 16.3 Å². The summed E-state index contributed by atoms with van der Waals surface area (Å²) in [6.07, 6.45) is 1.71. The van der Waals surface area contributed by atoms with Crippen LogP contribution in [0.1, 0.15) is 19.3 Å². The molecule has 1 aliphatic rings. The second-order valence-electron chi connectivity index (χ2n) is 4.23. The maximum absolute atomic E-state index is 13.6. The molecule has 4 nitrogen and oxygen atoms in total. The van der Waals surface area contributed by atoms with Crippen LogP contribution in [0.5, 0.6) is 0 Å². The van der Waals surface area contributed by atoms with Crippen molar-refractivity contribution >= 4 is 26.0 Å². The molecule has 0 spiro atoms. The summed E-state index contributed by atoms with van der Waals surface area (Å²) in [6, 6.07) is 5.64. The predicted molar refractivity (Wildman–Crippen MR) is 66.6 cm³/mol. The maximum Gasteiger partial charge on any atom is 0.244 e. The third-order valence-corrected chi connectivity index (χ3v) is 5.00. The van der Waals surface area contributed by atoms with Crippen molar-refractivity contribution in [2.45, 2.75) is 29.7 Å². The molecule has 0 saturated heterocycles. The van der Waals surface area contributed by atoms with Gasteiger partial charge in [0.15, 0.2) is 0 Å². The van der Waals surface area contributed by atoms with Crippen LogP contribution in [-0.4, -0.2) is 14.0 Å². The minimum Gasteiger partial charge on any atom is -0.207 e. The van der Waals surface area contributed by atoms with Crippen LogP contribution in [0.3, 0.4) is 0 Å². The molecule has 0 amide bonds.